The summed E-state index contributed by atoms with van der Waals surface area (Å²) in [5, 5.41) is 22.1. The van der Waals surface area contributed by atoms with E-state index in [1.54, 1.807) is 0 Å². The number of carbonyl (C=O) groups excluding carboxylic acids is 3. The van der Waals surface area contributed by atoms with Gasteiger partial charge in [-0.05, 0) is 30.3 Å². The van der Waals surface area contributed by atoms with E-state index < -0.39 is 85.0 Å². The van der Waals surface area contributed by atoms with Crippen LogP contribution in [0.4, 0.5) is 29.1 Å². The van der Waals surface area contributed by atoms with Crippen LogP contribution in [0.5, 0.6) is 0 Å². The number of nitriles is 1. The number of nitrogens with zero attached hydrogens (tertiary/aromatic N) is 4. The molecule has 230 valence electrons. The number of benzene rings is 2. The van der Waals surface area contributed by atoms with Crippen LogP contribution in [0.3, 0.4) is 0 Å². The quantitative estimate of drug-likeness (QED) is 0.313. The van der Waals surface area contributed by atoms with Crippen LogP contribution in [-0.2, 0) is 14.4 Å². The zero-order chi connectivity index (χ0) is 32.2. The number of aliphatic hydroxyl groups excluding tert-OH is 1. The summed E-state index contributed by atoms with van der Waals surface area (Å²) in [6, 6.07) is 8.92. The zero-order valence-corrected chi connectivity index (χ0v) is 23.9. The third-order valence-corrected chi connectivity index (χ3v) is 7.41. The standard InChI is InChI=1S/C30H26ClF4N5O4/c1-2-30(34,35)8-10-38-27(42)26(21-5-3-4-6-22(21)31)39(20-13-18(32)12-19(33)14-20)28(43)23-15-24(41)29(44)40(23)25-11-17(16-36)7-9-37-25/h3-7,9,11-14,23-24,26,41H,2,8,10,15H2,1H3,(H,38,42)/t23-,24+,26+/m0/s1. The minimum atomic E-state index is -3.10. The molecule has 0 spiro atoms. The molecule has 2 aromatic carbocycles. The molecule has 1 fully saturated rings. The number of hydrogen-bond acceptors (Lipinski definition) is 6. The molecular formula is C30H26ClF4N5O4. The first-order valence-electron chi connectivity index (χ1n) is 13.4. The smallest absolute Gasteiger partial charge is 0.257 e. The Hall–Kier alpha value is -4.54. The first-order chi connectivity index (χ1) is 20.9. The van der Waals surface area contributed by atoms with Crippen LogP contribution < -0.4 is 15.1 Å². The SMILES string of the molecule is CCC(F)(F)CCNC(=O)[C@@H](c1ccccc1Cl)N(C(=O)[C@@H]1C[C@@H](O)C(=O)N1c1cc(C#N)ccn1)c1cc(F)cc(F)c1. The Kier molecular flexibility index (Phi) is 9.86. The van der Waals surface area contributed by atoms with Gasteiger partial charge < -0.3 is 10.4 Å². The first-order valence-corrected chi connectivity index (χ1v) is 13.8. The lowest BCUT2D eigenvalue weighted by atomic mass is 10.0. The van der Waals surface area contributed by atoms with Crippen molar-refractivity contribution < 1.29 is 37.1 Å². The van der Waals surface area contributed by atoms with Gasteiger partial charge in [-0.3, -0.25) is 24.2 Å². The second kappa shape index (κ2) is 13.4. The van der Waals surface area contributed by atoms with Gasteiger partial charge in [-0.15, -0.1) is 0 Å². The van der Waals surface area contributed by atoms with Crippen molar-refractivity contribution in [2.24, 2.45) is 0 Å². The van der Waals surface area contributed by atoms with Crippen LogP contribution in [0.15, 0.2) is 60.8 Å². The number of alkyl halides is 2. The van der Waals surface area contributed by atoms with Gasteiger partial charge in [0, 0.05) is 48.7 Å². The third-order valence-electron chi connectivity index (χ3n) is 7.06. The summed E-state index contributed by atoms with van der Waals surface area (Å²) in [4.78, 5) is 46.9. The van der Waals surface area contributed by atoms with Crippen molar-refractivity contribution in [1.82, 2.24) is 10.3 Å². The van der Waals surface area contributed by atoms with Crippen LogP contribution in [0.25, 0.3) is 0 Å². The fraction of sp³-hybridized carbons (Fsp3) is 0.300. The van der Waals surface area contributed by atoms with Gasteiger partial charge in [0.15, 0.2) is 0 Å². The molecule has 3 atom stereocenters. The van der Waals surface area contributed by atoms with Gasteiger partial charge in [0.2, 0.25) is 11.8 Å². The predicted molar refractivity (Wildman–Crippen MR) is 152 cm³/mol. The van der Waals surface area contributed by atoms with Crippen molar-refractivity contribution in [3.8, 4) is 6.07 Å². The van der Waals surface area contributed by atoms with Crippen LogP contribution in [-0.4, -0.2) is 52.4 Å². The van der Waals surface area contributed by atoms with Gasteiger partial charge >= 0.3 is 0 Å². The topological polar surface area (TPSA) is 127 Å². The van der Waals surface area contributed by atoms with Gasteiger partial charge in [-0.2, -0.15) is 5.26 Å². The molecule has 9 nitrogen and oxygen atoms in total. The highest BCUT2D eigenvalue weighted by atomic mass is 35.5. The van der Waals surface area contributed by atoms with Crippen LogP contribution in [0.2, 0.25) is 5.02 Å². The molecule has 3 amide bonds. The van der Waals surface area contributed by atoms with Gasteiger partial charge in [-0.25, -0.2) is 22.5 Å². The Morgan fingerprint density at radius 2 is 1.89 bits per heavy atom. The van der Waals surface area contributed by atoms with Crippen LogP contribution in [0.1, 0.15) is 43.4 Å². The summed E-state index contributed by atoms with van der Waals surface area (Å²) in [5.41, 5.74) is -0.399. The lowest BCUT2D eigenvalue weighted by Crippen LogP contribution is -2.52. The number of hydrogen-bond donors (Lipinski definition) is 2. The van der Waals surface area contributed by atoms with E-state index in [4.69, 9.17) is 11.6 Å². The molecule has 2 N–H and O–H groups in total. The zero-order valence-electron chi connectivity index (χ0n) is 23.2. The molecule has 0 saturated carbocycles. The van der Waals surface area contributed by atoms with E-state index in [2.05, 4.69) is 10.3 Å². The molecule has 14 heteroatoms. The average Bonchev–Trinajstić information content (AvgIpc) is 3.29. The monoisotopic (exact) mass is 631 g/mol. The fourth-order valence-corrected chi connectivity index (χ4v) is 5.05. The van der Waals surface area contributed by atoms with Crippen LogP contribution in [0, 0.1) is 23.0 Å². The number of pyridine rings is 1. The molecule has 1 aliphatic rings. The van der Waals surface area contributed by atoms with Crippen molar-refractivity contribution in [2.75, 3.05) is 16.3 Å². The molecular weight excluding hydrogens is 606 g/mol. The van der Waals surface area contributed by atoms with Crippen molar-refractivity contribution in [3.05, 3.63) is 88.6 Å². The molecule has 44 heavy (non-hydrogen) atoms. The number of aromatic nitrogens is 1. The summed E-state index contributed by atoms with van der Waals surface area (Å²) in [6.45, 7) is 0.759. The number of anilines is 2. The Morgan fingerprint density at radius 1 is 1.20 bits per heavy atom. The number of amides is 3. The van der Waals surface area contributed by atoms with E-state index >= 15 is 0 Å². The molecule has 3 aromatic rings. The highest BCUT2D eigenvalue weighted by Crippen LogP contribution is 2.36. The van der Waals surface area contributed by atoms with Crippen molar-refractivity contribution >= 4 is 40.8 Å². The molecule has 0 radical (unpaired) electrons. The van der Waals surface area contributed by atoms with Crippen molar-refractivity contribution in [3.63, 3.8) is 0 Å². The molecule has 1 aliphatic heterocycles. The molecule has 0 aliphatic carbocycles. The Balaban J connectivity index is 1.87. The Labute approximate surface area is 254 Å². The summed E-state index contributed by atoms with van der Waals surface area (Å²) in [6.07, 6.45) is -2.22. The van der Waals surface area contributed by atoms with E-state index in [1.807, 2.05) is 6.07 Å². The number of aliphatic hydroxyl groups is 1. The number of halogens is 5. The maximum Gasteiger partial charge on any atom is 0.257 e. The van der Waals surface area contributed by atoms with Gasteiger partial charge in [0.1, 0.15) is 35.6 Å². The van der Waals surface area contributed by atoms with Gasteiger partial charge in [0.25, 0.3) is 11.8 Å². The first kappa shape index (κ1) is 32.4. The highest BCUT2D eigenvalue weighted by Gasteiger charge is 2.48. The highest BCUT2D eigenvalue weighted by molar-refractivity contribution is 6.31. The molecule has 0 unspecified atom stereocenters. The Bertz CT molecular complexity index is 1600. The average molecular weight is 632 g/mol. The van der Waals surface area contributed by atoms with E-state index in [0.717, 1.165) is 17.0 Å². The number of nitrogens with one attached hydrogen (secondary N) is 1. The normalized spacial score (nSPS) is 17.2. The lowest BCUT2D eigenvalue weighted by Gasteiger charge is -2.35. The summed E-state index contributed by atoms with van der Waals surface area (Å²) < 4.78 is 57.0. The molecule has 2 heterocycles. The van der Waals surface area contributed by atoms with E-state index in [0.29, 0.717) is 11.0 Å². The second-order valence-electron chi connectivity index (χ2n) is 10.0. The minimum Gasteiger partial charge on any atom is -0.383 e. The number of rotatable bonds is 10. The molecule has 1 saturated heterocycles. The van der Waals surface area contributed by atoms with Gasteiger partial charge in [-0.1, -0.05) is 36.7 Å². The fourth-order valence-electron chi connectivity index (χ4n) is 4.81. The Morgan fingerprint density at radius 3 is 2.52 bits per heavy atom. The maximum absolute atomic E-state index is 14.6. The number of carbonyl (C=O) groups is 3. The van der Waals surface area contributed by atoms with Crippen molar-refractivity contribution in [1.29, 1.82) is 5.26 Å². The molecule has 4 rings (SSSR count). The van der Waals surface area contributed by atoms with E-state index in [9.17, 15) is 42.3 Å². The summed E-state index contributed by atoms with van der Waals surface area (Å²) >= 11 is 6.42. The molecule has 0 bridgehead atoms. The minimum absolute atomic E-state index is 0.0204. The summed E-state index contributed by atoms with van der Waals surface area (Å²) in [7, 11) is 0. The van der Waals surface area contributed by atoms with Gasteiger partial charge in [0.05, 0.1) is 17.3 Å². The molecule has 1 aromatic heterocycles. The largest absolute Gasteiger partial charge is 0.383 e. The third kappa shape index (κ3) is 6.98. The van der Waals surface area contributed by atoms with E-state index in [-0.39, 0.29) is 22.0 Å². The van der Waals surface area contributed by atoms with Crippen molar-refractivity contribution in [2.45, 2.75) is 50.3 Å². The maximum atomic E-state index is 14.6. The lowest BCUT2D eigenvalue weighted by molar-refractivity contribution is -0.127. The summed E-state index contributed by atoms with van der Waals surface area (Å²) in [5.74, 6) is -8.53. The second-order valence-corrected chi connectivity index (χ2v) is 10.4. The van der Waals surface area contributed by atoms with E-state index in [1.165, 1.54) is 49.5 Å². The predicted octanol–water partition coefficient (Wildman–Crippen LogP) is 4.68. The van der Waals surface area contributed by atoms with Crippen LogP contribution >= 0.6 is 11.6 Å².